The number of aromatic nitrogens is 1. The molecule has 114 valence electrons. The van der Waals surface area contributed by atoms with Gasteiger partial charge in [-0.25, -0.2) is 4.98 Å². The first-order valence-corrected chi connectivity index (χ1v) is 8.25. The fourth-order valence-corrected chi connectivity index (χ4v) is 3.27. The highest BCUT2D eigenvalue weighted by molar-refractivity contribution is 7.14. The van der Waals surface area contributed by atoms with Gasteiger partial charge in [0.05, 0.1) is 5.69 Å². The topological polar surface area (TPSA) is 60.5 Å². The lowest BCUT2D eigenvalue weighted by Crippen LogP contribution is -2.15. The lowest BCUT2D eigenvalue weighted by Gasteiger charge is -2.18. The number of nitrogens with zero attached hydrogens (tertiary/aromatic N) is 1. The molecule has 1 aliphatic carbocycles. The second-order valence-corrected chi connectivity index (χ2v) is 6.56. The van der Waals surface area contributed by atoms with E-state index in [1.807, 2.05) is 23.6 Å². The van der Waals surface area contributed by atoms with Crippen LogP contribution in [-0.2, 0) is 4.79 Å². The van der Waals surface area contributed by atoms with Crippen LogP contribution >= 0.6 is 11.3 Å². The third-order valence-corrected chi connectivity index (χ3v) is 4.78. The number of carbonyl (C=O) groups is 1. The van der Waals surface area contributed by atoms with Gasteiger partial charge in [0, 0.05) is 16.9 Å². The molecule has 1 aromatic heterocycles. The van der Waals surface area contributed by atoms with Crippen molar-refractivity contribution in [1.29, 1.82) is 0 Å². The van der Waals surface area contributed by atoms with Gasteiger partial charge in [-0.15, -0.1) is 11.3 Å². The highest BCUT2D eigenvalue weighted by Crippen LogP contribution is 2.39. The van der Waals surface area contributed by atoms with E-state index in [-0.39, 0.29) is 11.8 Å². The molecule has 6 heteroatoms. The maximum Gasteiger partial charge on any atom is 0.229 e. The summed E-state index contributed by atoms with van der Waals surface area (Å²) in [6, 6.07) is 5.78. The molecule has 1 aromatic carbocycles. The molecule has 2 heterocycles. The minimum absolute atomic E-state index is 0.0792. The molecule has 2 aromatic rings. The van der Waals surface area contributed by atoms with Gasteiger partial charge in [-0.05, 0) is 30.5 Å². The number of amides is 1. The molecule has 2 aliphatic rings. The highest BCUT2D eigenvalue weighted by Gasteiger charge is 2.39. The molecule has 0 spiro atoms. The Kier molecular flexibility index (Phi) is 3.26. The van der Waals surface area contributed by atoms with Gasteiger partial charge in [0.1, 0.15) is 13.2 Å². The summed E-state index contributed by atoms with van der Waals surface area (Å²) in [5.74, 6) is 2.24. The molecule has 1 aliphatic heterocycles. The van der Waals surface area contributed by atoms with E-state index in [9.17, 15) is 4.79 Å². The molecule has 1 amide bonds. The van der Waals surface area contributed by atoms with Gasteiger partial charge in [0.2, 0.25) is 5.91 Å². The van der Waals surface area contributed by atoms with Crippen molar-refractivity contribution in [3.05, 3.63) is 23.6 Å². The summed E-state index contributed by atoms with van der Waals surface area (Å²) in [5.41, 5.74) is 1.79. The van der Waals surface area contributed by atoms with Gasteiger partial charge in [-0.2, -0.15) is 0 Å². The average Bonchev–Trinajstić information content (AvgIpc) is 3.09. The van der Waals surface area contributed by atoms with Crippen molar-refractivity contribution in [1.82, 2.24) is 4.98 Å². The van der Waals surface area contributed by atoms with Crippen molar-refractivity contribution in [2.75, 3.05) is 18.5 Å². The van der Waals surface area contributed by atoms with Gasteiger partial charge >= 0.3 is 0 Å². The van der Waals surface area contributed by atoms with Gasteiger partial charge in [0.15, 0.2) is 16.6 Å². The molecule has 2 unspecified atom stereocenters. The molecular formula is C16H16N2O3S. The van der Waals surface area contributed by atoms with Crippen LogP contribution in [0, 0.1) is 11.8 Å². The van der Waals surface area contributed by atoms with Crippen molar-refractivity contribution < 1.29 is 14.3 Å². The van der Waals surface area contributed by atoms with Crippen molar-refractivity contribution in [3.63, 3.8) is 0 Å². The van der Waals surface area contributed by atoms with E-state index in [0.29, 0.717) is 24.3 Å². The zero-order valence-electron chi connectivity index (χ0n) is 12.2. The minimum atomic E-state index is 0.0792. The van der Waals surface area contributed by atoms with Crippen LogP contribution in [0.5, 0.6) is 11.5 Å². The van der Waals surface area contributed by atoms with Crippen LogP contribution in [0.25, 0.3) is 11.3 Å². The van der Waals surface area contributed by atoms with Crippen LogP contribution < -0.4 is 14.8 Å². The summed E-state index contributed by atoms with van der Waals surface area (Å²) in [7, 11) is 0. The smallest absolute Gasteiger partial charge is 0.229 e. The predicted octanol–water partition coefficient (Wildman–Crippen LogP) is 3.18. The van der Waals surface area contributed by atoms with Crippen molar-refractivity contribution in [3.8, 4) is 22.8 Å². The molecule has 1 N–H and O–H groups in total. The first kappa shape index (κ1) is 13.6. The maximum absolute atomic E-state index is 11.9. The largest absolute Gasteiger partial charge is 0.486 e. The number of fused-ring (bicyclic) bond motifs is 1. The molecular weight excluding hydrogens is 300 g/mol. The Morgan fingerprint density at radius 3 is 2.86 bits per heavy atom. The Hall–Kier alpha value is -2.08. The van der Waals surface area contributed by atoms with Crippen LogP contribution in [0.1, 0.15) is 13.3 Å². The Bertz CT molecular complexity index is 728. The zero-order chi connectivity index (χ0) is 15.1. The minimum Gasteiger partial charge on any atom is -0.486 e. The van der Waals surface area contributed by atoms with Gasteiger partial charge in [-0.3, -0.25) is 4.79 Å². The van der Waals surface area contributed by atoms with Crippen molar-refractivity contribution in [2.24, 2.45) is 11.8 Å². The number of thiazole rings is 1. The molecule has 0 bridgehead atoms. The summed E-state index contributed by atoms with van der Waals surface area (Å²) in [6.45, 7) is 3.24. The van der Waals surface area contributed by atoms with Crippen molar-refractivity contribution >= 4 is 22.4 Å². The Balaban J connectivity index is 1.52. The lowest BCUT2D eigenvalue weighted by atomic mass is 10.1. The van der Waals surface area contributed by atoms with E-state index in [0.717, 1.165) is 29.2 Å². The predicted molar refractivity (Wildman–Crippen MR) is 84.4 cm³/mol. The Labute approximate surface area is 132 Å². The number of ether oxygens (including phenoxy) is 2. The van der Waals surface area contributed by atoms with Gasteiger partial charge in [0.25, 0.3) is 0 Å². The number of hydrogen-bond acceptors (Lipinski definition) is 5. The first-order chi connectivity index (χ1) is 10.7. The van der Waals surface area contributed by atoms with E-state index in [2.05, 4.69) is 17.2 Å². The average molecular weight is 316 g/mol. The molecule has 4 rings (SSSR count). The fraction of sp³-hybridized carbons (Fsp3) is 0.375. The van der Waals surface area contributed by atoms with E-state index in [1.54, 1.807) is 0 Å². The molecule has 2 atom stereocenters. The number of rotatable bonds is 3. The maximum atomic E-state index is 11.9. The molecule has 1 fully saturated rings. The van der Waals surface area contributed by atoms with E-state index in [4.69, 9.17) is 9.47 Å². The summed E-state index contributed by atoms with van der Waals surface area (Å²) >= 11 is 1.44. The monoisotopic (exact) mass is 316 g/mol. The third-order valence-electron chi connectivity index (χ3n) is 4.02. The zero-order valence-corrected chi connectivity index (χ0v) is 13.0. The second-order valence-electron chi connectivity index (χ2n) is 5.71. The fourth-order valence-electron chi connectivity index (χ4n) is 2.55. The molecule has 22 heavy (non-hydrogen) atoms. The highest BCUT2D eigenvalue weighted by atomic mass is 32.1. The van der Waals surface area contributed by atoms with Crippen LogP contribution in [0.15, 0.2) is 23.6 Å². The van der Waals surface area contributed by atoms with Gasteiger partial charge < -0.3 is 14.8 Å². The summed E-state index contributed by atoms with van der Waals surface area (Å²) in [6.07, 6.45) is 0.978. The normalized spacial score (nSPS) is 22.2. The molecule has 0 radical (unpaired) electrons. The molecule has 5 nitrogen and oxygen atoms in total. The third kappa shape index (κ3) is 2.54. The lowest BCUT2D eigenvalue weighted by molar-refractivity contribution is -0.117. The summed E-state index contributed by atoms with van der Waals surface area (Å²) in [5, 5.41) is 5.49. The van der Waals surface area contributed by atoms with Crippen LogP contribution in [-0.4, -0.2) is 24.1 Å². The van der Waals surface area contributed by atoms with Gasteiger partial charge in [-0.1, -0.05) is 6.92 Å². The van der Waals surface area contributed by atoms with Crippen molar-refractivity contribution in [2.45, 2.75) is 13.3 Å². The standard InChI is InChI=1S/C16H16N2O3S/c1-9-6-11(9)15(19)18-16-17-12(8-22-16)10-2-3-13-14(7-10)21-5-4-20-13/h2-3,7-9,11H,4-6H2,1H3,(H,17,18,19). The molecule has 0 saturated heterocycles. The quantitative estimate of drug-likeness (QED) is 0.945. The number of anilines is 1. The Morgan fingerprint density at radius 2 is 2.09 bits per heavy atom. The van der Waals surface area contributed by atoms with E-state index >= 15 is 0 Å². The number of carbonyl (C=O) groups excluding carboxylic acids is 1. The van der Waals surface area contributed by atoms with Crippen LogP contribution in [0.3, 0.4) is 0 Å². The van der Waals surface area contributed by atoms with E-state index < -0.39 is 0 Å². The first-order valence-electron chi connectivity index (χ1n) is 7.37. The second kappa shape index (κ2) is 5.28. The number of hydrogen-bond donors (Lipinski definition) is 1. The van der Waals surface area contributed by atoms with Crippen LogP contribution in [0.4, 0.5) is 5.13 Å². The van der Waals surface area contributed by atoms with Crippen LogP contribution in [0.2, 0.25) is 0 Å². The number of benzene rings is 1. The SMILES string of the molecule is CC1CC1C(=O)Nc1nc(-c2ccc3c(c2)OCCO3)cs1. The number of nitrogens with one attached hydrogen (secondary N) is 1. The summed E-state index contributed by atoms with van der Waals surface area (Å²) < 4.78 is 11.1. The Morgan fingerprint density at radius 1 is 1.32 bits per heavy atom. The summed E-state index contributed by atoms with van der Waals surface area (Å²) in [4.78, 5) is 16.4. The molecule has 1 saturated carbocycles. The van der Waals surface area contributed by atoms with E-state index in [1.165, 1.54) is 11.3 Å².